The van der Waals surface area contributed by atoms with Gasteiger partial charge >= 0.3 is 0 Å². The molecular weight excluding hydrogens is 278 g/mol. The van der Waals surface area contributed by atoms with E-state index in [0.717, 1.165) is 11.3 Å². The lowest BCUT2D eigenvalue weighted by Gasteiger charge is -2.26. The van der Waals surface area contributed by atoms with Crippen molar-refractivity contribution in [1.82, 2.24) is 4.31 Å². The molecule has 20 heavy (non-hydrogen) atoms. The second-order valence-electron chi connectivity index (χ2n) is 4.52. The Labute approximate surface area is 117 Å². The first-order valence-corrected chi connectivity index (χ1v) is 7.84. The monoisotopic (exact) mass is 293 g/mol. The summed E-state index contributed by atoms with van der Waals surface area (Å²) in [5, 5.41) is 0. The number of sulfonamides is 1. The zero-order chi connectivity index (χ0) is 14.0. The van der Waals surface area contributed by atoms with Crippen molar-refractivity contribution in [3.63, 3.8) is 0 Å². The van der Waals surface area contributed by atoms with Gasteiger partial charge in [0.2, 0.25) is 10.0 Å². The summed E-state index contributed by atoms with van der Waals surface area (Å²) < 4.78 is 36.8. The summed E-state index contributed by atoms with van der Waals surface area (Å²) in [4.78, 5) is 0.301. The van der Waals surface area contributed by atoms with Crippen LogP contribution in [0.2, 0.25) is 0 Å². The Morgan fingerprint density at radius 3 is 2.30 bits per heavy atom. The summed E-state index contributed by atoms with van der Waals surface area (Å²) in [6.45, 7) is 1.71. The van der Waals surface area contributed by atoms with E-state index in [1.54, 1.807) is 36.6 Å². The zero-order valence-corrected chi connectivity index (χ0v) is 11.7. The molecule has 3 rings (SSSR count). The van der Waals surface area contributed by atoms with Crippen molar-refractivity contribution in [3.8, 4) is 11.3 Å². The van der Waals surface area contributed by atoms with Crippen LogP contribution in [0.3, 0.4) is 0 Å². The lowest BCUT2D eigenvalue weighted by atomic mass is 10.2. The molecule has 1 aliphatic rings. The summed E-state index contributed by atoms with van der Waals surface area (Å²) in [5.41, 5.74) is 0.857. The Balaban J connectivity index is 1.87. The van der Waals surface area contributed by atoms with Crippen LogP contribution in [0.15, 0.2) is 52.0 Å². The second kappa shape index (κ2) is 5.40. The summed E-state index contributed by atoms with van der Waals surface area (Å²) in [6, 6.07) is 10.4. The average molecular weight is 293 g/mol. The van der Waals surface area contributed by atoms with Crippen LogP contribution in [-0.4, -0.2) is 39.0 Å². The van der Waals surface area contributed by atoms with Crippen molar-refractivity contribution >= 4 is 10.0 Å². The molecule has 0 atom stereocenters. The Hall–Kier alpha value is -1.63. The van der Waals surface area contributed by atoms with Gasteiger partial charge in [0.05, 0.1) is 24.4 Å². The van der Waals surface area contributed by atoms with Crippen molar-refractivity contribution in [2.75, 3.05) is 26.3 Å². The lowest BCUT2D eigenvalue weighted by molar-refractivity contribution is 0.0730. The topological polar surface area (TPSA) is 59.8 Å². The molecular formula is C14H15NO4S. The Kier molecular flexibility index (Phi) is 3.60. The molecule has 5 nitrogen and oxygen atoms in total. The smallest absolute Gasteiger partial charge is 0.243 e. The van der Waals surface area contributed by atoms with E-state index in [9.17, 15) is 8.42 Å². The average Bonchev–Trinajstić information content (AvgIpc) is 3.02. The van der Waals surface area contributed by atoms with Gasteiger partial charge in [-0.2, -0.15) is 4.31 Å². The summed E-state index contributed by atoms with van der Waals surface area (Å²) in [7, 11) is -3.42. The minimum atomic E-state index is -3.42. The molecule has 0 radical (unpaired) electrons. The van der Waals surface area contributed by atoms with Crippen LogP contribution in [0.4, 0.5) is 0 Å². The van der Waals surface area contributed by atoms with Gasteiger partial charge in [-0.25, -0.2) is 8.42 Å². The maximum atomic E-state index is 12.4. The quantitative estimate of drug-likeness (QED) is 0.868. The third-order valence-electron chi connectivity index (χ3n) is 3.27. The number of nitrogens with zero attached hydrogens (tertiary/aromatic N) is 1. The number of hydrogen-bond acceptors (Lipinski definition) is 4. The molecule has 1 aromatic heterocycles. The molecule has 1 saturated heterocycles. The molecule has 0 aliphatic carbocycles. The van der Waals surface area contributed by atoms with Gasteiger partial charge in [-0.3, -0.25) is 0 Å². The Morgan fingerprint density at radius 2 is 1.70 bits per heavy atom. The van der Waals surface area contributed by atoms with Crippen LogP contribution in [0.5, 0.6) is 0 Å². The fourth-order valence-electron chi connectivity index (χ4n) is 2.17. The first-order chi connectivity index (χ1) is 9.68. The summed E-state index contributed by atoms with van der Waals surface area (Å²) in [6.07, 6.45) is 1.59. The number of furan rings is 1. The summed E-state index contributed by atoms with van der Waals surface area (Å²) >= 11 is 0. The molecule has 2 aromatic rings. The molecule has 1 aliphatic heterocycles. The van der Waals surface area contributed by atoms with Gasteiger partial charge < -0.3 is 9.15 Å². The lowest BCUT2D eigenvalue weighted by Crippen LogP contribution is -2.40. The Morgan fingerprint density at radius 1 is 1.00 bits per heavy atom. The third-order valence-corrected chi connectivity index (χ3v) is 5.18. The van der Waals surface area contributed by atoms with E-state index in [2.05, 4.69) is 0 Å². The van der Waals surface area contributed by atoms with Crippen molar-refractivity contribution in [3.05, 3.63) is 42.7 Å². The van der Waals surface area contributed by atoms with Crippen molar-refractivity contribution in [2.45, 2.75) is 4.90 Å². The third kappa shape index (κ3) is 2.49. The zero-order valence-electron chi connectivity index (χ0n) is 10.9. The molecule has 6 heteroatoms. The van der Waals surface area contributed by atoms with Gasteiger partial charge in [0.15, 0.2) is 0 Å². The molecule has 0 spiro atoms. The van der Waals surface area contributed by atoms with Crippen molar-refractivity contribution in [2.24, 2.45) is 0 Å². The predicted octanol–water partition coefficient (Wildman–Crippen LogP) is 1.97. The van der Waals surface area contributed by atoms with Gasteiger partial charge in [-0.1, -0.05) is 0 Å². The molecule has 0 N–H and O–H groups in total. The molecule has 0 unspecified atom stereocenters. The fraction of sp³-hybridized carbons (Fsp3) is 0.286. The molecule has 106 valence electrons. The van der Waals surface area contributed by atoms with Crippen LogP contribution in [0.25, 0.3) is 11.3 Å². The number of hydrogen-bond donors (Lipinski definition) is 0. The van der Waals surface area contributed by atoms with Crippen LogP contribution in [-0.2, 0) is 14.8 Å². The van der Waals surface area contributed by atoms with Gasteiger partial charge in [0, 0.05) is 18.7 Å². The maximum Gasteiger partial charge on any atom is 0.243 e. The van der Waals surface area contributed by atoms with E-state index in [1.165, 1.54) is 4.31 Å². The van der Waals surface area contributed by atoms with Crippen molar-refractivity contribution < 1.29 is 17.6 Å². The van der Waals surface area contributed by atoms with Gasteiger partial charge in [-0.15, -0.1) is 0 Å². The van der Waals surface area contributed by atoms with Gasteiger partial charge in [0.1, 0.15) is 5.76 Å². The highest BCUT2D eigenvalue weighted by Gasteiger charge is 2.26. The second-order valence-corrected chi connectivity index (χ2v) is 6.46. The minimum absolute atomic E-state index is 0.301. The maximum absolute atomic E-state index is 12.4. The minimum Gasteiger partial charge on any atom is -0.464 e. The van der Waals surface area contributed by atoms with E-state index in [-0.39, 0.29) is 0 Å². The van der Waals surface area contributed by atoms with Crippen LogP contribution < -0.4 is 0 Å². The van der Waals surface area contributed by atoms with E-state index >= 15 is 0 Å². The first kappa shape index (κ1) is 13.4. The highest BCUT2D eigenvalue weighted by molar-refractivity contribution is 7.89. The van der Waals surface area contributed by atoms with Gasteiger partial charge in [-0.05, 0) is 36.4 Å². The summed E-state index contributed by atoms with van der Waals surface area (Å²) in [5.74, 6) is 0.723. The largest absolute Gasteiger partial charge is 0.464 e. The highest BCUT2D eigenvalue weighted by Crippen LogP contribution is 2.23. The number of rotatable bonds is 3. The standard InChI is InChI=1S/C14H15NO4S/c16-20(17,15-7-10-18-11-8-15)13-5-3-12(4-6-13)14-2-1-9-19-14/h1-6,9H,7-8,10-11H2. The highest BCUT2D eigenvalue weighted by atomic mass is 32.2. The molecule has 0 saturated carbocycles. The normalized spacial score (nSPS) is 17.2. The molecule has 2 heterocycles. The van der Waals surface area contributed by atoms with E-state index in [0.29, 0.717) is 31.2 Å². The fourth-order valence-corrected chi connectivity index (χ4v) is 3.58. The molecule has 1 fully saturated rings. The number of ether oxygens (including phenoxy) is 1. The Bertz CT molecular complexity index is 656. The molecule has 0 bridgehead atoms. The molecule has 1 aromatic carbocycles. The van der Waals surface area contributed by atoms with E-state index in [4.69, 9.17) is 9.15 Å². The molecule has 0 amide bonds. The van der Waals surface area contributed by atoms with Crippen molar-refractivity contribution in [1.29, 1.82) is 0 Å². The predicted molar refractivity (Wildman–Crippen MR) is 73.7 cm³/mol. The van der Waals surface area contributed by atoms with Gasteiger partial charge in [0.25, 0.3) is 0 Å². The van der Waals surface area contributed by atoms with Crippen LogP contribution >= 0.6 is 0 Å². The van der Waals surface area contributed by atoms with E-state index in [1.807, 2.05) is 6.07 Å². The van der Waals surface area contributed by atoms with Crippen LogP contribution in [0.1, 0.15) is 0 Å². The number of morpholine rings is 1. The van der Waals surface area contributed by atoms with E-state index < -0.39 is 10.0 Å². The SMILES string of the molecule is O=S(=O)(c1ccc(-c2ccco2)cc1)N1CCOCC1. The first-order valence-electron chi connectivity index (χ1n) is 6.40. The van der Waals surface area contributed by atoms with Crippen LogP contribution in [0, 0.1) is 0 Å². The number of benzene rings is 1.